The quantitative estimate of drug-likeness (QED) is 0.331. The molecule has 150 valence electrons. The Morgan fingerprint density at radius 2 is 1.96 bits per heavy atom. The highest BCUT2D eigenvalue weighted by Crippen LogP contribution is 2.22. The third-order valence-electron chi connectivity index (χ3n) is 4.16. The number of rotatable bonds is 6. The van der Waals surface area contributed by atoms with E-state index in [9.17, 15) is 0 Å². The van der Waals surface area contributed by atoms with Crippen molar-refractivity contribution in [3.63, 3.8) is 0 Å². The average Bonchev–Trinajstić information content (AvgIpc) is 3.29. The maximum absolute atomic E-state index is 5.78. The van der Waals surface area contributed by atoms with E-state index in [4.69, 9.17) is 4.42 Å². The molecule has 0 bridgehead atoms. The van der Waals surface area contributed by atoms with Gasteiger partial charge in [0, 0.05) is 32.6 Å². The molecule has 0 aromatic carbocycles. The van der Waals surface area contributed by atoms with E-state index in [1.807, 2.05) is 7.05 Å². The number of aromatic nitrogens is 5. The van der Waals surface area contributed by atoms with Crippen molar-refractivity contribution in [3.8, 4) is 0 Å². The monoisotopic (exact) mass is 385 g/mol. The summed E-state index contributed by atoms with van der Waals surface area (Å²) in [5, 5.41) is 14.8. The first-order chi connectivity index (χ1) is 13.4. The van der Waals surface area contributed by atoms with Gasteiger partial charge in [0.05, 0.1) is 24.3 Å². The Kier molecular flexibility index (Phi) is 5.76. The predicted octanol–water partition coefficient (Wildman–Crippen LogP) is 1.43. The van der Waals surface area contributed by atoms with Crippen LogP contribution in [0.4, 0.5) is 5.82 Å². The molecule has 0 amide bonds. The summed E-state index contributed by atoms with van der Waals surface area (Å²) < 4.78 is 7.50. The molecule has 0 saturated carbocycles. The molecule has 0 unspecified atom stereocenters. The lowest BCUT2D eigenvalue weighted by Crippen LogP contribution is -2.39. The Balaban J connectivity index is 1.46. The minimum absolute atomic E-state index is 0.0580. The number of nitrogens with zero attached hydrogens (tertiary/aromatic N) is 6. The van der Waals surface area contributed by atoms with Crippen LogP contribution in [0.25, 0.3) is 11.0 Å². The highest BCUT2D eigenvalue weighted by molar-refractivity contribution is 5.86. The van der Waals surface area contributed by atoms with Crippen LogP contribution in [0, 0.1) is 0 Å². The molecular weight excluding hydrogens is 358 g/mol. The van der Waals surface area contributed by atoms with Gasteiger partial charge >= 0.3 is 0 Å². The molecule has 0 aliphatic heterocycles. The molecule has 3 aromatic heterocycles. The largest absolute Gasteiger partial charge is 0.443 e. The molecule has 10 heteroatoms. The third-order valence-corrected chi connectivity index (χ3v) is 4.16. The van der Waals surface area contributed by atoms with E-state index in [-0.39, 0.29) is 5.41 Å². The SMILES string of the molecule is CN=C(NCCNc1ncnc2c1cnn2C)NCc1ncc(C(C)(C)C)o1. The lowest BCUT2D eigenvalue weighted by Gasteiger charge is -2.13. The summed E-state index contributed by atoms with van der Waals surface area (Å²) in [5.41, 5.74) is 0.737. The van der Waals surface area contributed by atoms with Crippen LogP contribution < -0.4 is 16.0 Å². The topological polar surface area (TPSA) is 118 Å². The molecule has 3 aromatic rings. The number of guanidine groups is 1. The van der Waals surface area contributed by atoms with Gasteiger partial charge in [-0.2, -0.15) is 5.10 Å². The van der Waals surface area contributed by atoms with Crippen LogP contribution in [0.15, 0.2) is 28.1 Å². The lowest BCUT2D eigenvalue weighted by atomic mass is 9.94. The Morgan fingerprint density at radius 1 is 1.14 bits per heavy atom. The zero-order chi connectivity index (χ0) is 20.1. The molecule has 28 heavy (non-hydrogen) atoms. The van der Waals surface area contributed by atoms with Gasteiger partial charge in [0.25, 0.3) is 0 Å². The van der Waals surface area contributed by atoms with E-state index in [0.717, 1.165) is 22.6 Å². The fourth-order valence-corrected chi connectivity index (χ4v) is 2.58. The maximum Gasteiger partial charge on any atom is 0.213 e. The van der Waals surface area contributed by atoms with Gasteiger partial charge < -0.3 is 20.4 Å². The minimum Gasteiger partial charge on any atom is -0.443 e. The summed E-state index contributed by atoms with van der Waals surface area (Å²) in [5.74, 6) is 2.93. The molecule has 3 heterocycles. The number of hydrogen-bond donors (Lipinski definition) is 3. The van der Waals surface area contributed by atoms with Gasteiger partial charge in [-0.05, 0) is 0 Å². The van der Waals surface area contributed by atoms with Crippen LogP contribution >= 0.6 is 0 Å². The molecule has 10 nitrogen and oxygen atoms in total. The van der Waals surface area contributed by atoms with Gasteiger partial charge in [-0.3, -0.25) is 9.67 Å². The number of aliphatic imine (C=N–C) groups is 1. The number of nitrogens with one attached hydrogen (secondary N) is 3. The molecule has 0 saturated heterocycles. The molecule has 3 rings (SSSR count). The summed E-state index contributed by atoms with van der Waals surface area (Å²) in [6.07, 6.45) is 5.06. The van der Waals surface area contributed by atoms with Crippen molar-refractivity contribution in [1.29, 1.82) is 0 Å². The van der Waals surface area contributed by atoms with Crippen LogP contribution in [0.2, 0.25) is 0 Å². The van der Waals surface area contributed by atoms with Gasteiger partial charge in [0.2, 0.25) is 5.89 Å². The smallest absolute Gasteiger partial charge is 0.213 e. The van der Waals surface area contributed by atoms with E-state index in [0.29, 0.717) is 31.5 Å². The van der Waals surface area contributed by atoms with Crippen molar-refractivity contribution in [3.05, 3.63) is 30.4 Å². The zero-order valence-electron chi connectivity index (χ0n) is 16.9. The van der Waals surface area contributed by atoms with Gasteiger partial charge in [-0.15, -0.1) is 0 Å². The minimum atomic E-state index is -0.0580. The summed E-state index contributed by atoms with van der Waals surface area (Å²) in [7, 11) is 3.58. The van der Waals surface area contributed by atoms with Crippen molar-refractivity contribution in [2.24, 2.45) is 12.0 Å². The number of aryl methyl sites for hydroxylation is 1. The van der Waals surface area contributed by atoms with Crippen LogP contribution in [-0.4, -0.2) is 50.8 Å². The van der Waals surface area contributed by atoms with Crippen LogP contribution in [-0.2, 0) is 19.0 Å². The van der Waals surface area contributed by atoms with Crippen LogP contribution in [0.1, 0.15) is 32.4 Å². The molecule has 0 fully saturated rings. The van der Waals surface area contributed by atoms with Gasteiger partial charge in [-0.25, -0.2) is 15.0 Å². The van der Waals surface area contributed by atoms with Crippen molar-refractivity contribution < 1.29 is 4.42 Å². The van der Waals surface area contributed by atoms with Crippen molar-refractivity contribution >= 4 is 22.8 Å². The van der Waals surface area contributed by atoms with Gasteiger partial charge in [0.15, 0.2) is 11.6 Å². The molecule has 0 aliphatic rings. The standard InChI is InChI=1S/C18H27N9O/c1-18(2,3)13-9-22-14(28-13)10-23-17(19-4)21-7-6-20-15-12-8-26-27(5)16(12)25-11-24-15/h8-9,11H,6-7,10H2,1-5H3,(H2,19,21,23)(H,20,24,25). The maximum atomic E-state index is 5.78. The summed E-state index contributed by atoms with van der Waals surface area (Å²) in [4.78, 5) is 17.0. The Morgan fingerprint density at radius 3 is 2.68 bits per heavy atom. The second kappa shape index (κ2) is 8.24. The number of anilines is 1. The highest BCUT2D eigenvalue weighted by Gasteiger charge is 2.19. The van der Waals surface area contributed by atoms with E-state index >= 15 is 0 Å². The third kappa shape index (κ3) is 4.56. The Hall–Kier alpha value is -3.17. The number of hydrogen-bond acceptors (Lipinski definition) is 7. The fourth-order valence-electron chi connectivity index (χ4n) is 2.58. The van der Waals surface area contributed by atoms with Crippen LogP contribution in [0.3, 0.4) is 0 Å². The molecule has 0 atom stereocenters. The van der Waals surface area contributed by atoms with E-state index in [2.05, 4.69) is 61.8 Å². The molecule has 0 spiro atoms. The summed E-state index contributed by atoms with van der Waals surface area (Å²) in [6.45, 7) is 8.06. The summed E-state index contributed by atoms with van der Waals surface area (Å²) >= 11 is 0. The first kappa shape index (κ1) is 19.6. The van der Waals surface area contributed by atoms with E-state index in [1.165, 1.54) is 6.33 Å². The first-order valence-corrected chi connectivity index (χ1v) is 9.15. The Labute approximate surface area is 163 Å². The normalized spacial score (nSPS) is 12.4. The van der Waals surface area contributed by atoms with Crippen molar-refractivity contribution in [2.45, 2.75) is 32.7 Å². The van der Waals surface area contributed by atoms with Crippen molar-refractivity contribution in [2.75, 3.05) is 25.5 Å². The molecule has 3 N–H and O–H groups in total. The van der Waals surface area contributed by atoms with E-state index < -0.39 is 0 Å². The van der Waals surface area contributed by atoms with Gasteiger partial charge in [-0.1, -0.05) is 20.8 Å². The Bertz CT molecular complexity index is 952. The van der Waals surface area contributed by atoms with Crippen LogP contribution in [0.5, 0.6) is 0 Å². The fraction of sp³-hybridized carbons (Fsp3) is 0.500. The number of fused-ring (bicyclic) bond motifs is 1. The molecular formula is C18H27N9O. The van der Waals surface area contributed by atoms with Crippen molar-refractivity contribution in [1.82, 2.24) is 35.4 Å². The first-order valence-electron chi connectivity index (χ1n) is 9.15. The molecule has 0 aliphatic carbocycles. The van der Waals surface area contributed by atoms with E-state index in [1.54, 1.807) is 24.1 Å². The highest BCUT2D eigenvalue weighted by atomic mass is 16.4. The number of oxazole rings is 1. The summed E-state index contributed by atoms with van der Waals surface area (Å²) in [6, 6.07) is 0. The second-order valence-corrected chi connectivity index (χ2v) is 7.38. The predicted molar refractivity (Wildman–Crippen MR) is 108 cm³/mol. The van der Waals surface area contributed by atoms with Gasteiger partial charge in [0.1, 0.15) is 17.9 Å². The zero-order valence-corrected chi connectivity index (χ0v) is 16.9. The average molecular weight is 385 g/mol. The molecule has 0 radical (unpaired) electrons. The second-order valence-electron chi connectivity index (χ2n) is 7.38. The lowest BCUT2D eigenvalue weighted by molar-refractivity contribution is 0.379.